The van der Waals surface area contributed by atoms with Crippen molar-refractivity contribution in [2.45, 2.75) is 12.8 Å². The number of pyridine rings is 1. The molecule has 1 aliphatic heterocycles. The van der Waals surface area contributed by atoms with Gasteiger partial charge >= 0.3 is 0 Å². The zero-order valence-corrected chi connectivity index (χ0v) is 9.87. The number of amides is 2. The van der Waals surface area contributed by atoms with Crippen LogP contribution in [0.5, 0.6) is 5.75 Å². The van der Waals surface area contributed by atoms with Crippen LogP contribution in [0.25, 0.3) is 0 Å². The van der Waals surface area contributed by atoms with E-state index in [1.807, 2.05) is 0 Å². The maximum atomic E-state index is 12.1. The second kappa shape index (κ2) is 5.03. The number of likely N-dealkylation sites (tertiary alicyclic amines) is 1. The summed E-state index contributed by atoms with van der Waals surface area (Å²) in [6, 6.07) is 2.96. The number of aromatic nitrogens is 1. The van der Waals surface area contributed by atoms with Crippen LogP contribution in [0.2, 0.25) is 0 Å². The van der Waals surface area contributed by atoms with Gasteiger partial charge in [0.25, 0.3) is 5.91 Å². The molecule has 6 nitrogen and oxygen atoms in total. The molecule has 3 N–H and O–H groups in total. The summed E-state index contributed by atoms with van der Waals surface area (Å²) in [5, 5.41) is 9.59. The number of hydrogen-bond donors (Lipinski definition) is 2. The molecule has 2 amide bonds. The Hall–Kier alpha value is -2.11. The summed E-state index contributed by atoms with van der Waals surface area (Å²) in [4.78, 5) is 28.7. The molecular weight excluding hydrogens is 234 g/mol. The number of piperidine rings is 1. The van der Waals surface area contributed by atoms with Crippen LogP contribution in [0.15, 0.2) is 18.3 Å². The fraction of sp³-hybridized carbons (Fsp3) is 0.417. The molecule has 0 aliphatic carbocycles. The predicted molar refractivity (Wildman–Crippen MR) is 63.7 cm³/mol. The average molecular weight is 249 g/mol. The van der Waals surface area contributed by atoms with Crippen LogP contribution in [0.1, 0.15) is 23.3 Å². The van der Waals surface area contributed by atoms with Crippen molar-refractivity contribution in [3.63, 3.8) is 0 Å². The Morgan fingerprint density at radius 3 is 2.94 bits per heavy atom. The monoisotopic (exact) mass is 249 g/mol. The Morgan fingerprint density at radius 1 is 1.50 bits per heavy atom. The SMILES string of the molecule is NC(=O)C1CCCN(C(=O)c2ncccc2O)C1. The molecule has 1 saturated heterocycles. The van der Waals surface area contributed by atoms with Crippen molar-refractivity contribution in [2.75, 3.05) is 13.1 Å². The Bertz CT molecular complexity index is 475. The molecule has 2 rings (SSSR count). The van der Waals surface area contributed by atoms with E-state index < -0.39 is 5.91 Å². The topological polar surface area (TPSA) is 96.5 Å². The number of primary amides is 1. The van der Waals surface area contributed by atoms with Crippen LogP contribution in [-0.4, -0.2) is 39.9 Å². The molecule has 2 heterocycles. The van der Waals surface area contributed by atoms with Crippen LogP contribution in [0.3, 0.4) is 0 Å². The minimum absolute atomic E-state index is 0.0163. The number of rotatable bonds is 2. The first kappa shape index (κ1) is 12.3. The van der Waals surface area contributed by atoms with E-state index in [9.17, 15) is 14.7 Å². The summed E-state index contributed by atoms with van der Waals surface area (Å²) in [5.74, 6) is -1.21. The van der Waals surface area contributed by atoms with Gasteiger partial charge in [0.2, 0.25) is 5.91 Å². The smallest absolute Gasteiger partial charge is 0.276 e. The van der Waals surface area contributed by atoms with E-state index in [1.165, 1.54) is 17.2 Å². The Balaban J connectivity index is 2.14. The fourth-order valence-corrected chi connectivity index (χ4v) is 2.11. The highest BCUT2D eigenvalue weighted by atomic mass is 16.3. The highest BCUT2D eigenvalue weighted by molar-refractivity contribution is 5.95. The molecule has 18 heavy (non-hydrogen) atoms. The van der Waals surface area contributed by atoms with Gasteiger partial charge in [0.1, 0.15) is 5.75 Å². The van der Waals surface area contributed by atoms with Crippen LogP contribution < -0.4 is 5.73 Å². The van der Waals surface area contributed by atoms with Gasteiger partial charge in [0.05, 0.1) is 5.92 Å². The number of hydrogen-bond acceptors (Lipinski definition) is 4. The van der Waals surface area contributed by atoms with Crippen molar-refractivity contribution in [1.82, 2.24) is 9.88 Å². The van der Waals surface area contributed by atoms with Gasteiger partial charge in [0.15, 0.2) is 5.69 Å². The minimum Gasteiger partial charge on any atom is -0.505 e. The molecule has 1 aromatic rings. The van der Waals surface area contributed by atoms with Crippen LogP contribution in [0, 0.1) is 5.92 Å². The van der Waals surface area contributed by atoms with Crippen molar-refractivity contribution in [3.8, 4) is 5.75 Å². The van der Waals surface area contributed by atoms with Crippen LogP contribution >= 0.6 is 0 Å². The van der Waals surface area contributed by atoms with E-state index in [1.54, 1.807) is 6.07 Å². The van der Waals surface area contributed by atoms with Gasteiger partial charge in [0, 0.05) is 19.3 Å². The van der Waals surface area contributed by atoms with Crippen molar-refractivity contribution in [2.24, 2.45) is 11.7 Å². The van der Waals surface area contributed by atoms with E-state index in [-0.39, 0.29) is 23.3 Å². The maximum absolute atomic E-state index is 12.1. The molecule has 1 aliphatic rings. The lowest BCUT2D eigenvalue weighted by Crippen LogP contribution is -2.44. The highest BCUT2D eigenvalue weighted by Crippen LogP contribution is 2.21. The largest absolute Gasteiger partial charge is 0.505 e. The van der Waals surface area contributed by atoms with Crippen molar-refractivity contribution in [3.05, 3.63) is 24.0 Å². The third kappa shape index (κ3) is 2.42. The van der Waals surface area contributed by atoms with Gasteiger partial charge in [-0.1, -0.05) is 0 Å². The second-order valence-electron chi connectivity index (χ2n) is 4.36. The van der Waals surface area contributed by atoms with E-state index in [2.05, 4.69) is 4.98 Å². The molecule has 0 saturated carbocycles. The van der Waals surface area contributed by atoms with Gasteiger partial charge in [-0.2, -0.15) is 0 Å². The summed E-state index contributed by atoms with van der Waals surface area (Å²) in [6.07, 6.45) is 2.88. The first-order valence-corrected chi connectivity index (χ1v) is 5.82. The number of aromatic hydroxyl groups is 1. The molecule has 0 radical (unpaired) electrons. The van der Waals surface area contributed by atoms with E-state index in [0.717, 1.165) is 6.42 Å². The molecule has 0 aromatic carbocycles. The lowest BCUT2D eigenvalue weighted by Gasteiger charge is -2.31. The van der Waals surface area contributed by atoms with Gasteiger partial charge < -0.3 is 15.7 Å². The Morgan fingerprint density at radius 2 is 2.28 bits per heavy atom. The molecule has 0 bridgehead atoms. The zero-order valence-electron chi connectivity index (χ0n) is 9.87. The number of carbonyl (C=O) groups is 2. The summed E-state index contributed by atoms with van der Waals surface area (Å²) < 4.78 is 0. The number of nitrogens with zero attached hydrogens (tertiary/aromatic N) is 2. The second-order valence-corrected chi connectivity index (χ2v) is 4.36. The quantitative estimate of drug-likeness (QED) is 0.778. The molecule has 1 unspecified atom stereocenters. The summed E-state index contributed by atoms with van der Waals surface area (Å²) >= 11 is 0. The molecule has 1 atom stereocenters. The fourth-order valence-electron chi connectivity index (χ4n) is 2.11. The highest BCUT2D eigenvalue weighted by Gasteiger charge is 2.29. The third-order valence-corrected chi connectivity index (χ3v) is 3.10. The van der Waals surface area contributed by atoms with Gasteiger partial charge in [-0.15, -0.1) is 0 Å². The van der Waals surface area contributed by atoms with Crippen molar-refractivity contribution < 1.29 is 14.7 Å². The Kier molecular flexibility index (Phi) is 3.45. The lowest BCUT2D eigenvalue weighted by molar-refractivity contribution is -0.123. The number of carbonyl (C=O) groups excluding carboxylic acids is 2. The zero-order chi connectivity index (χ0) is 13.1. The molecule has 96 valence electrons. The van der Waals surface area contributed by atoms with E-state index in [4.69, 9.17) is 5.73 Å². The van der Waals surface area contributed by atoms with Crippen LogP contribution in [0.4, 0.5) is 0 Å². The average Bonchev–Trinajstić information content (AvgIpc) is 2.38. The van der Waals surface area contributed by atoms with Crippen LogP contribution in [-0.2, 0) is 4.79 Å². The summed E-state index contributed by atoms with van der Waals surface area (Å²) in [5.41, 5.74) is 5.27. The first-order chi connectivity index (χ1) is 8.59. The molecule has 1 fully saturated rings. The standard InChI is InChI=1S/C12H15N3O3/c13-11(17)8-3-2-6-15(7-8)12(18)10-9(16)4-1-5-14-10/h1,4-5,8,16H,2-3,6-7H2,(H2,13,17). The maximum Gasteiger partial charge on any atom is 0.276 e. The van der Waals surface area contributed by atoms with Crippen molar-refractivity contribution >= 4 is 11.8 Å². The summed E-state index contributed by atoms with van der Waals surface area (Å²) in [6.45, 7) is 0.850. The minimum atomic E-state index is -0.391. The Labute approximate surface area is 104 Å². The molecule has 6 heteroatoms. The van der Waals surface area contributed by atoms with Gasteiger partial charge in [-0.3, -0.25) is 9.59 Å². The predicted octanol–water partition coefficient (Wildman–Crippen LogP) is 0.125. The first-order valence-electron chi connectivity index (χ1n) is 5.82. The number of nitrogens with two attached hydrogens (primary N) is 1. The lowest BCUT2D eigenvalue weighted by atomic mass is 9.97. The normalized spacial score (nSPS) is 19.6. The third-order valence-electron chi connectivity index (χ3n) is 3.10. The van der Waals surface area contributed by atoms with Gasteiger partial charge in [-0.05, 0) is 25.0 Å². The van der Waals surface area contributed by atoms with Gasteiger partial charge in [-0.25, -0.2) is 4.98 Å². The van der Waals surface area contributed by atoms with E-state index >= 15 is 0 Å². The molecule has 1 aromatic heterocycles. The van der Waals surface area contributed by atoms with E-state index in [0.29, 0.717) is 19.5 Å². The van der Waals surface area contributed by atoms with Crippen molar-refractivity contribution in [1.29, 1.82) is 0 Å². The summed E-state index contributed by atoms with van der Waals surface area (Å²) in [7, 11) is 0. The molecular formula is C12H15N3O3. The molecule has 0 spiro atoms.